The smallest absolute Gasteiger partial charge is 0.377 e. The molecular weight excluding hydrogens is 497 g/mol. The molecule has 5 fully saturated rings. The van der Waals surface area contributed by atoms with Crippen molar-refractivity contribution >= 4 is 0 Å². The Morgan fingerprint density at radius 2 is 1.64 bits per heavy atom. The van der Waals surface area contributed by atoms with Gasteiger partial charge in [0.2, 0.25) is 5.60 Å². The summed E-state index contributed by atoms with van der Waals surface area (Å²) in [6.07, 6.45) is -12.3. The van der Waals surface area contributed by atoms with Crippen molar-refractivity contribution in [1.29, 1.82) is 0 Å². The molecule has 208 valence electrons. The van der Waals surface area contributed by atoms with Crippen LogP contribution in [0.4, 0.5) is 30.7 Å². The minimum Gasteiger partial charge on any atom is -0.377 e. The zero-order valence-corrected chi connectivity index (χ0v) is 19.9. The number of fused-ring (bicyclic) bond motifs is 9. The molecule has 0 aromatic heterocycles. The number of alkyl halides is 7. The number of ether oxygens (including phenoxy) is 1. The third-order valence-electron chi connectivity index (χ3n) is 9.24. The third-order valence-corrected chi connectivity index (χ3v) is 9.24. The Hall–Kier alpha value is -0.730. The van der Waals surface area contributed by atoms with E-state index >= 15 is 0 Å². The number of hydrogen-bond donors (Lipinski definition) is 4. The third kappa shape index (κ3) is 4.76. The van der Waals surface area contributed by atoms with Gasteiger partial charge < -0.3 is 9.84 Å². The lowest BCUT2D eigenvalue weighted by Gasteiger charge is -2.46. The number of aliphatic hydroxyl groups is 1. The molecule has 4 heterocycles. The Balaban J connectivity index is 1.47. The fourth-order valence-electron chi connectivity index (χ4n) is 7.30. The van der Waals surface area contributed by atoms with Crippen LogP contribution in [-0.4, -0.2) is 71.4 Å². The van der Waals surface area contributed by atoms with Crippen LogP contribution >= 0.6 is 0 Å². The van der Waals surface area contributed by atoms with E-state index in [2.05, 4.69) is 16.2 Å². The first-order valence-corrected chi connectivity index (χ1v) is 13.1. The standard InChI is InChI=1S/C23H35F7N4O2/c24-16-8-6-13-11-12(16)3-1-4-14-5-2-10-34(14)18-15(22(25,26)27)7-9-17(31-18)19-32-33-20(36-19)21(13,35)23(28,29)30/h12-20,31-33,35H,1-11H2/t12?,13?,14-,15?,16?,17?,18?,19?,20?,21?/m0/s1. The first-order chi connectivity index (χ1) is 16.9. The molecule has 0 aromatic rings. The molecule has 36 heavy (non-hydrogen) atoms. The maximum atomic E-state index is 14.8. The molecule has 5 aliphatic rings. The highest BCUT2D eigenvalue weighted by Crippen LogP contribution is 2.49. The fraction of sp³-hybridized carbons (Fsp3) is 1.00. The molecule has 6 nitrogen and oxygen atoms in total. The molecule has 0 amide bonds. The van der Waals surface area contributed by atoms with E-state index in [-0.39, 0.29) is 38.1 Å². The highest BCUT2D eigenvalue weighted by molar-refractivity contribution is 5.04. The first-order valence-electron chi connectivity index (χ1n) is 13.1. The lowest BCUT2D eigenvalue weighted by molar-refractivity contribution is -0.321. The second kappa shape index (κ2) is 9.78. The van der Waals surface area contributed by atoms with E-state index in [0.717, 1.165) is 12.8 Å². The minimum absolute atomic E-state index is 0.0464. The molecule has 0 aromatic carbocycles. The van der Waals surface area contributed by atoms with Gasteiger partial charge in [-0.05, 0) is 70.3 Å². The highest BCUT2D eigenvalue weighted by atomic mass is 19.4. The average molecular weight is 533 g/mol. The summed E-state index contributed by atoms with van der Waals surface area (Å²) in [7, 11) is 0. The van der Waals surface area contributed by atoms with Gasteiger partial charge in [0.25, 0.3) is 0 Å². The molecule has 0 spiro atoms. The second-order valence-corrected chi connectivity index (χ2v) is 11.2. The number of rotatable bonds is 0. The summed E-state index contributed by atoms with van der Waals surface area (Å²) in [5.74, 6) is -3.53. The van der Waals surface area contributed by atoms with Gasteiger partial charge in [0.15, 0.2) is 6.23 Å². The number of halogens is 7. The van der Waals surface area contributed by atoms with Crippen LogP contribution in [0.25, 0.3) is 0 Å². The predicted octanol–water partition coefficient (Wildman–Crippen LogP) is 3.72. The number of nitrogens with one attached hydrogen (secondary N) is 3. The zero-order valence-electron chi connectivity index (χ0n) is 19.9. The molecule has 13 heteroatoms. The predicted molar refractivity (Wildman–Crippen MR) is 115 cm³/mol. The Morgan fingerprint density at radius 3 is 2.36 bits per heavy atom. The summed E-state index contributed by atoms with van der Waals surface area (Å²) in [5.41, 5.74) is 1.81. The minimum atomic E-state index is -5.06. The largest absolute Gasteiger partial charge is 0.421 e. The molecule has 4 N–H and O–H groups in total. The number of hydrogen-bond acceptors (Lipinski definition) is 6. The van der Waals surface area contributed by atoms with E-state index in [1.165, 1.54) is 0 Å². The Bertz CT molecular complexity index is 787. The van der Waals surface area contributed by atoms with Crippen LogP contribution in [0.5, 0.6) is 0 Å². The SMILES string of the molecule is OC1(C(F)(F)F)C2CCC(F)C(CCC[C@H]3CCCN3C3NC(CCC3C(F)(F)F)C3NNC1O3)C2. The van der Waals surface area contributed by atoms with Crippen LogP contribution in [0.1, 0.15) is 64.2 Å². The maximum Gasteiger partial charge on any atom is 0.421 e. The van der Waals surface area contributed by atoms with Crippen molar-refractivity contribution in [2.24, 2.45) is 17.8 Å². The molecular formula is C23H35F7N4O2. The van der Waals surface area contributed by atoms with Gasteiger partial charge in [-0.25, -0.2) is 15.2 Å². The molecule has 1 saturated carbocycles. The quantitative estimate of drug-likeness (QED) is 0.357. The Labute approximate surface area is 205 Å². The summed E-state index contributed by atoms with van der Waals surface area (Å²) in [6.45, 7) is 0.493. The molecule has 1 aliphatic carbocycles. The summed E-state index contributed by atoms with van der Waals surface area (Å²) in [4.78, 5) is 1.85. The molecule has 9 unspecified atom stereocenters. The first kappa shape index (κ1) is 26.9. The van der Waals surface area contributed by atoms with Crippen LogP contribution < -0.4 is 16.2 Å². The van der Waals surface area contributed by atoms with Crippen LogP contribution in [0.3, 0.4) is 0 Å². The van der Waals surface area contributed by atoms with Crippen molar-refractivity contribution in [2.75, 3.05) is 6.54 Å². The second-order valence-electron chi connectivity index (χ2n) is 11.2. The molecule has 0 radical (unpaired) electrons. The van der Waals surface area contributed by atoms with Crippen molar-refractivity contribution in [3.63, 3.8) is 0 Å². The summed E-state index contributed by atoms with van der Waals surface area (Å²) < 4.78 is 106. The van der Waals surface area contributed by atoms with Crippen molar-refractivity contribution in [3.05, 3.63) is 0 Å². The van der Waals surface area contributed by atoms with E-state index in [1.54, 1.807) is 0 Å². The van der Waals surface area contributed by atoms with Crippen molar-refractivity contribution in [1.82, 2.24) is 21.1 Å². The van der Waals surface area contributed by atoms with E-state index in [9.17, 15) is 35.8 Å². The summed E-state index contributed by atoms with van der Waals surface area (Å²) in [5, 5.41) is 14.2. The molecule has 5 rings (SSSR count). The van der Waals surface area contributed by atoms with Crippen molar-refractivity contribution in [2.45, 2.75) is 119 Å². The monoisotopic (exact) mass is 532 g/mol. The number of nitrogens with zero attached hydrogens (tertiary/aromatic N) is 1. The van der Waals surface area contributed by atoms with Crippen LogP contribution in [0, 0.1) is 17.8 Å². The summed E-state index contributed by atoms with van der Waals surface area (Å²) >= 11 is 0. The number of hydrazine groups is 1. The lowest BCUT2D eigenvalue weighted by Crippen LogP contribution is -2.64. The van der Waals surface area contributed by atoms with Crippen LogP contribution in [0.2, 0.25) is 0 Å². The van der Waals surface area contributed by atoms with Crippen LogP contribution in [-0.2, 0) is 4.74 Å². The maximum absolute atomic E-state index is 14.8. The van der Waals surface area contributed by atoms with Crippen molar-refractivity contribution in [3.8, 4) is 0 Å². The van der Waals surface area contributed by atoms with Gasteiger partial charge in [0.05, 0.1) is 12.1 Å². The Kier molecular flexibility index (Phi) is 7.30. The highest BCUT2D eigenvalue weighted by Gasteiger charge is 2.66. The van der Waals surface area contributed by atoms with E-state index < -0.39 is 66.5 Å². The van der Waals surface area contributed by atoms with Gasteiger partial charge in [-0.2, -0.15) is 26.3 Å². The van der Waals surface area contributed by atoms with Gasteiger partial charge in [0, 0.05) is 18.0 Å². The van der Waals surface area contributed by atoms with Gasteiger partial charge in [-0.1, -0.05) is 6.42 Å². The van der Waals surface area contributed by atoms with E-state index in [4.69, 9.17) is 4.74 Å². The lowest BCUT2D eigenvalue weighted by atomic mass is 9.69. The van der Waals surface area contributed by atoms with Gasteiger partial charge in [-0.3, -0.25) is 10.2 Å². The fourth-order valence-corrected chi connectivity index (χ4v) is 7.30. The Morgan fingerprint density at radius 1 is 0.889 bits per heavy atom. The van der Waals surface area contributed by atoms with Gasteiger partial charge in [0.1, 0.15) is 12.4 Å². The van der Waals surface area contributed by atoms with Crippen LogP contribution in [0.15, 0.2) is 0 Å². The zero-order chi connectivity index (χ0) is 25.9. The normalized spacial score (nSPS) is 47.2. The van der Waals surface area contributed by atoms with E-state index in [0.29, 0.717) is 25.8 Å². The number of piperidine rings is 1. The topological polar surface area (TPSA) is 68.8 Å². The van der Waals surface area contributed by atoms with Crippen molar-refractivity contribution < 1.29 is 40.6 Å². The summed E-state index contributed by atoms with van der Waals surface area (Å²) in [6, 6.07) is -0.798. The molecule has 4 saturated heterocycles. The average Bonchev–Trinajstić information content (AvgIpc) is 3.48. The van der Waals surface area contributed by atoms with E-state index in [1.807, 2.05) is 4.90 Å². The van der Waals surface area contributed by atoms with Gasteiger partial charge in [-0.15, -0.1) is 0 Å². The molecule has 4 aliphatic heterocycles. The van der Waals surface area contributed by atoms with Gasteiger partial charge >= 0.3 is 12.4 Å². The molecule has 6 bridgehead atoms. The molecule has 10 atom stereocenters.